The summed E-state index contributed by atoms with van der Waals surface area (Å²) in [7, 11) is 2.05. The summed E-state index contributed by atoms with van der Waals surface area (Å²) in [4.78, 5) is 14.2. The molecule has 1 atom stereocenters. The first-order valence-corrected chi connectivity index (χ1v) is 7.70. The SMILES string of the molecule is CC(CN1CCN(C)CC1)Nc1ccc([N+](=O)[O-])c(C(F)(F)F)c1. The van der Waals surface area contributed by atoms with E-state index in [1.54, 1.807) is 0 Å². The molecule has 1 aromatic rings. The number of hydrogen-bond acceptors (Lipinski definition) is 5. The van der Waals surface area contributed by atoms with Crippen molar-refractivity contribution in [2.24, 2.45) is 0 Å². The topological polar surface area (TPSA) is 61.6 Å². The minimum atomic E-state index is -4.76. The lowest BCUT2D eigenvalue weighted by molar-refractivity contribution is -0.388. The number of nitrogens with one attached hydrogen (secondary N) is 1. The van der Waals surface area contributed by atoms with E-state index in [0.717, 1.165) is 38.3 Å². The molecule has 0 saturated carbocycles. The van der Waals surface area contributed by atoms with E-state index in [1.807, 2.05) is 6.92 Å². The highest BCUT2D eigenvalue weighted by Crippen LogP contribution is 2.37. The molecule has 24 heavy (non-hydrogen) atoms. The van der Waals surface area contributed by atoms with E-state index in [4.69, 9.17) is 0 Å². The van der Waals surface area contributed by atoms with Gasteiger partial charge in [-0.25, -0.2) is 0 Å². The zero-order chi connectivity index (χ0) is 17.9. The molecule has 0 aromatic heterocycles. The molecule has 1 aromatic carbocycles. The van der Waals surface area contributed by atoms with Crippen LogP contribution in [0.1, 0.15) is 12.5 Å². The maximum absolute atomic E-state index is 13.0. The normalized spacial score (nSPS) is 18.4. The molecule has 1 N–H and O–H groups in total. The van der Waals surface area contributed by atoms with E-state index in [0.29, 0.717) is 6.54 Å². The second-order valence-electron chi connectivity index (χ2n) is 6.14. The number of nitrogens with zero attached hydrogens (tertiary/aromatic N) is 3. The van der Waals surface area contributed by atoms with Crippen molar-refractivity contribution in [3.05, 3.63) is 33.9 Å². The Bertz CT molecular complexity index is 587. The average Bonchev–Trinajstić information content (AvgIpc) is 2.48. The molecule has 0 radical (unpaired) electrons. The molecule has 1 fully saturated rings. The van der Waals surface area contributed by atoms with E-state index in [-0.39, 0.29) is 11.7 Å². The van der Waals surface area contributed by atoms with Gasteiger partial charge in [-0.1, -0.05) is 0 Å². The second kappa shape index (κ2) is 7.35. The maximum atomic E-state index is 13.0. The number of likely N-dealkylation sites (N-methyl/N-ethyl adjacent to an activating group) is 1. The third-order valence-electron chi connectivity index (χ3n) is 4.04. The smallest absolute Gasteiger partial charge is 0.381 e. The van der Waals surface area contributed by atoms with Gasteiger partial charge in [0.05, 0.1) is 4.92 Å². The molecule has 6 nitrogen and oxygen atoms in total. The zero-order valence-electron chi connectivity index (χ0n) is 13.6. The Kier molecular flexibility index (Phi) is 5.66. The monoisotopic (exact) mass is 346 g/mol. The fraction of sp³-hybridized carbons (Fsp3) is 0.600. The quantitative estimate of drug-likeness (QED) is 0.656. The number of piperazine rings is 1. The average molecular weight is 346 g/mol. The van der Waals surface area contributed by atoms with Gasteiger partial charge in [0.25, 0.3) is 5.69 Å². The number of hydrogen-bond donors (Lipinski definition) is 1. The van der Waals surface area contributed by atoms with Crippen molar-refractivity contribution in [3.8, 4) is 0 Å². The van der Waals surface area contributed by atoms with Gasteiger partial charge >= 0.3 is 6.18 Å². The van der Waals surface area contributed by atoms with Crippen LogP contribution < -0.4 is 5.32 Å². The van der Waals surface area contributed by atoms with Crippen LogP contribution in [-0.2, 0) is 6.18 Å². The molecule has 1 saturated heterocycles. The van der Waals surface area contributed by atoms with Gasteiger partial charge in [-0.05, 0) is 26.1 Å². The first kappa shape index (κ1) is 18.5. The molecule has 1 aliphatic heterocycles. The Labute approximate surface area is 138 Å². The van der Waals surface area contributed by atoms with Crippen molar-refractivity contribution in [1.82, 2.24) is 9.80 Å². The summed E-state index contributed by atoms with van der Waals surface area (Å²) < 4.78 is 39.0. The minimum Gasteiger partial charge on any atom is -0.381 e. The highest BCUT2D eigenvalue weighted by Gasteiger charge is 2.38. The summed E-state index contributed by atoms with van der Waals surface area (Å²) in [6.07, 6.45) is -4.76. The number of nitro groups is 1. The van der Waals surface area contributed by atoms with Crippen LogP contribution in [0.4, 0.5) is 24.5 Å². The predicted molar refractivity (Wildman–Crippen MR) is 85.1 cm³/mol. The first-order chi connectivity index (χ1) is 11.2. The minimum absolute atomic E-state index is 0.0732. The highest BCUT2D eigenvalue weighted by atomic mass is 19.4. The van der Waals surface area contributed by atoms with Crippen LogP contribution in [0.2, 0.25) is 0 Å². The van der Waals surface area contributed by atoms with Crippen molar-refractivity contribution in [3.63, 3.8) is 0 Å². The number of halogens is 3. The van der Waals surface area contributed by atoms with Crippen LogP contribution in [0.15, 0.2) is 18.2 Å². The number of alkyl halides is 3. The van der Waals surface area contributed by atoms with Crippen molar-refractivity contribution < 1.29 is 18.1 Å². The van der Waals surface area contributed by atoms with E-state index in [2.05, 4.69) is 22.2 Å². The molecule has 2 rings (SSSR count). The molecule has 0 aliphatic carbocycles. The van der Waals surface area contributed by atoms with E-state index < -0.39 is 22.4 Å². The highest BCUT2D eigenvalue weighted by molar-refractivity contribution is 5.55. The van der Waals surface area contributed by atoms with Gasteiger partial charge in [0, 0.05) is 50.5 Å². The van der Waals surface area contributed by atoms with Gasteiger partial charge in [-0.3, -0.25) is 15.0 Å². The van der Waals surface area contributed by atoms with Gasteiger partial charge in [-0.2, -0.15) is 13.2 Å². The fourth-order valence-corrected chi connectivity index (χ4v) is 2.76. The van der Waals surface area contributed by atoms with Crippen LogP contribution in [0.5, 0.6) is 0 Å². The number of benzene rings is 1. The zero-order valence-corrected chi connectivity index (χ0v) is 13.6. The van der Waals surface area contributed by atoms with Crippen molar-refractivity contribution >= 4 is 11.4 Å². The van der Waals surface area contributed by atoms with E-state index in [1.165, 1.54) is 6.07 Å². The molecule has 9 heteroatoms. The molecule has 0 bridgehead atoms. The lowest BCUT2D eigenvalue weighted by Gasteiger charge is -2.34. The molecule has 1 unspecified atom stereocenters. The number of nitro benzene ring substituents is 1. The van der Waals surface area contributed by atoms with Gasteiger partial charge in [-0.15, -0.1) is 0 Å². The second-order valence-corrected chi connectivity index (χ2v) is 6.14. The van der Waals surface area contributed by atoms with Crippen LogP contribution >= 0.6 is 0 Å². The van der Waals surface area contributed by atoms with Crippen molar-refractivity contribution in [2.75, 3.05) is 45.1 Å². The Hall–Kier alpha value is -1.87. The van der Waals surface area contributed by atoms with Gasteiger partial charge in [0.15, 0.2) is 0 Å². The summed E-state index contributed by atoms with van der Waals surface area (Å²) in [5, 5.41) is 13.8. The first-order valence-electron chi connectivity index (χ1n) is 7.70. The Morgan fingerprint density at radius 1 is 1.29 bits per heavy atom. The molecule has 1 aliphatic rings. The summed E-state index contributed by atoms with van der Waals surface area (Å²) in [6, 6.07) is 2.94. The van der Waals surface area contributed by atoms with Crippen LogP contribution in [-0.4, -0.2) is 60.5 Å². The molecular formula is C15H21F3N4O2. The maximum Gasteiger partial charge on any atom is 0.423 e. The number of anilines is 1. The van der Waals surface area contributed by atoms with Gasteiger partial charge < -0.3 is 10.2 Å². The lowest BCUT2D eigenvalue weighted by atomic mass is 10.1. The van der Waals surface area contributed by atoms with Crippen LogP contribution in [0, 0.1) is 10.1 Å². The third-order valence-corrected chi connectivity index (χ3v) is 4.04. The largest absolute Gasteiger partial charge is 0.423 e. The third kappa shape index (κ3) is 4.81. The van der Waals surface area contributed by atoms with E-state index >= 15 is 0 Å². The summed E-state index contributed by atoms with van der Waals surface area (Å²) in [6.45, 7) is 6.33. The molecule has 0 spiro atoms. The van der Waals surface area contributed by atoms with Crippen LogP contribution in [0.25, 0.3) is 0 Å². The molecule has 1 heterocycles. The van der Waals surface area contributed by atoms with Crippen LogP contribution in [0.3, 0.4) is 0 Å². The summed E-state index contributed by atoms with van der Waals surface area (Å²) >= 11 is 0. The summed E-state index contributed by atoms with van der Waals surface area (Å²) in [5.74, 6) is 0. The van der Waals surface area contributed by atoms with Gasteiger partial charge in [0.1, 0.15) is 5.56 Å². The Morgan fingerprint density at radius 2 is 1.92 bits per heavy atom. The lowest BCUT2D eigenvalue weighted by Crippen LogP contribution is -2.47. The summed E-state index contributed by atoms with van der Waals surface area (Å²) in [5.41, 5.74) is -1.93. The predicted octanol–water partition coefficient (Wildman–Crippen LogP) is 2.66. The Balaban J connectivity index is 2.05. The van der Waals surface area contributed by atoms with Crippen molar-refractivity contribution in [1.29, 1.82) is 0 Å². The Morgan fingerprint density at radius 3 is 2.46 bits per heavy atom. The molecular weight excluding hydrogens is 325 g/mol. The molecule has 134 valence electrons. The van der Waals surface area contributed by atoms with E-state index in [9.17, 15) is 23.3 Å². The molecule has 0 amide bonds. The fourth-order valence-electron chi connectivity index (χ4n) is 2.76. The van der Waals surface area contributed by atoms with Gasteiger partial charge in [0.2, 0.25) is 0 Å². The number of rotatable bonds is 5. The standard InChI is InChI=1S/C15H21F3N4O2/c1-11(10-21-7-5-20(2)6-8-21)19-12-3-4-14(22(23)24)13(9-12)15(16,17)18/h3-4,9,11,19H,5-8,10H2,1-2H3. The van der Waals surface area contributed by atoms with Crippen molar-refractivity contribution in [2.45, 2.75) is 19.1 Å².